The standard InChI is InChI=1S/C10H13ClO5S/c1-14-4-5-15-7-16-10(11,9(12)13)8-3-2-6-17-8/h2-3,6H,4-5,7H2,1H3,(H,12,13). The van der Waals surface area contributed by atoms with Gasteiger partial charge in [0, 0.05) is 7.11 Å². The molecular formula is C10H13ClO5S. The van der Waals surface area contributed by atoms with Crippen molar-refractivity contribution < 1.29 is 24.1 Å². The first-order valence-corrected chi connectivity index (χ1v) is 6.04. The molecule has 17 heavy (non-hydrogen) atoms. The molecule has 0 saturated heterocycles. The molecule has 0 amide bonds. The molecule has 0 radical (unpaired) electrons. The highest BCUT2D eigenvalue weighted by Gasteiger charge is 2.41. The number of hydrogen-bond donors (Lipinski definition) is 1. The Balaban J connectivity index is 2.52. The third-order valence-electron chi connectivity index (χ3n) is 1.89. The number of alkyl halides is 1. The van der Waals surface area contributed by atoms with Crippen LogP contribution >= 0.6 is 22.9 Å². The maximum Gasteiger partial charge on any atom is 0.357 e. The Morgan fingerprint density at radius 1 is 1.59 bits per heavy atom. The summed E-state index contributed by atoms with van der Waals surface area (Å²) in [6.07, 6.45) is 0. The summed E-state index contributed by atoms with van der Waals surface area (Å²) in [5.41, 5.74) is 0. The average Bonchev–Trinajstić information content (AvgIpc) is 2.82. The van der Waals surface area contributed by atoms with Gasteiger partial charge in [0.05, 0.1) is 18.1 Å². The Bertz CT molecular complexity index is 342. The number of carboxylic acid groups (broad SMARTS) is 1. The van der Waals surface area contributed by atoms with E-state index in [0.29, 0.717) is 18.1 Å². The highest BCUT2D eigenvalue weighted by molar-refractivity contribution is 7.10. The largest absolute Gasteiger partial charge is 0.478 e. The zero-order chi connectivity index (χ0) is 12.7. The van der Waals surface area contributed by atoms with E-state index < -0.39 is 11.0 Å². The lowest BCUT2D eigenvalue weighted by Gasteiger charge is -2.21. The number of aliphatic carboxylic acids is 1. The fourth-order valence-electron chi connectivity index (χ4n) is 1.02. The molecule has 1 aromatic rings. The van der Waals surface area contributed by atoms with Gasteiger partial charge < -0.3 is 19.3 Å². The number of carboxylic acids is 1. The maximum absolute atomic E-state index is 11.1. The van der Waals surface area contributed by atoms with Crippen molar-refractivity contribution >= 4 is 28.9 Å². The van der Waals surface area contributed by atoms with E-state index in [1.54, 1.807) is 24.6 Å². The van der Waals surface area contributed by atoms with E-state index in [-0.39, 0.29) is 6.79 Å². The van der Waals surface area contributed by atoms with Crippen molar-refractivity contribution in [3.05, 3.63) is 22.4 Å². The van der Waals surface area contributed by atoms with Crippen LogP contribution in [0.4, 0.5) is 0 Å². The Hall–Kier alpha value is -0.660. The van der Waals surface area contributed by atoms with Crippen LogP contribution in [0.3, 0.4) is 0 Å². The molecule has 1 heterocycles. The van der Waals surface area contributed by atoms with Gasteiger partial charge in [0.1, 0.15) is 6.79 Å². The lowest BCUT2D eigenvalue weighted by Crippen LogP contribution is -2.33. The molecule has 0 saturated carbocycles. The number of hydrogen-bond acceptors (Lipinski definition) is 5. The summed E-state index contributed by atoms with van der Waals surface area (Å²) in [4.78, 5) is 11.5. The first kappa shape index (κ1) is 14.4. The minimum absolute atomic E-state index is 0.211. The van der Waals surface area contributed by atoms with Crippen LogP contribution in [0, 0.1) is 0 Å². The minimum atomic E-state index is -1.89. The molecule has 5 nitrogen and oxygen atoms in total. The molecule has 1 rings (SSSR count). The number of carbonyl (C=O) groups is 1. The monoisotopic (exact) mass is 280 g/mol. The van der Waals surface area contributed by atoms with E-state index in [1.165, 1.54) is 11.3 Å². The second-order valence-electron chi connectivity index (χ2n) is 3.04. The van der Waals surface area contributed by atoms with E-state index >= 15 is 0 Å². The molecule has 1 unspecified atom stereocenters. The molecule has 0 fully saturated rings. The minimum Gasteiger partial charge on any atom is -0.478 e. The van der Waals surface area contributed by atoms with Gasteiger partial charge in [-0.05, 0) is 11.4 Å². The van der Waals surface area contributed by atoms with Crippen LogP contribution in [-0.4, -0.2) is 38.2 Å². The SMILES string of the molecule is COCCOCOC(Cl)(C(=O)O)c1cccs1. The lowest BCUT2D eigenvalue weighted by atomic mass is 10.3. The van der Waals surface area contributed by atoms with Gasteiger partial charge in [-0.15, -0.1) is 11.3 Å². The predicted molar refractivity (Wildman–Crippen MR) is 63.3 cm³/mol. The van der Waals surface area contributed by atoms with Crippen LogP contribution in [0.5, 0.6) is 0 Å². The van der Waals surface area contributed by atoms with Gasteiger partial charge in [-0.25, -0.2) is 4.79 Å². The third-order valence-corrected chi connectivity index (χ3v) is 3.44. The van der Waals surface area contributed by atoms with E-state index in [1.807, 2.05) is 0 Å². The summed E-state index contributed by atoms with van der Waals surface area (Å²) in [5, 5.41) is 8.92. The van der Waals surface area contributed by atoms with Crippen molar-refractivity contribution in [3.63, 3.8) is 0 Å². The average molecular weight is 281 g/mol. The molecule has 0 spiro atoms. The van der Waals surface area contributed by atoms with Gasteiger partial charge in [-0.1, -0.05) is 17.7 Å². The summed E-state index contributed by atoms with van der Waals surface area (Å²) in [5.74, 6) is -1.27. The highest BCUT2D eigenvalue weighted by atomic mass is 35.5. The van der Waals surface area contributed by atoms with Crippen LogP contribution in [0.15, 0.2) is 17.5 Å². The summed E-state index contributed by atoms with van der Waals surface area (Å²) < 4.78 is 14.9. The molecule has 0 bridgehead atoms. The summed E-state index contributed by atoms with van der Waals surface area (Å²) in [6.45, 7) is 0.509. The van der Waals surface area contributed by atoms with E-state index in [9.17, 15) is 4.79 Å². The van der Waals surface area contributed by atoms with Crippen LogP contribution in [0.25, 0.3) is 0 Å². The molecule has 1 atom stereocenters. The lowest BCUT2D eigenvalue weighted by molar-refractivity contribution is -0.170. The smallest absolute Gasteiger partial charge is 0.357 e. The number of rotatable bonds is 8. The molecule has 0 aliphatic rings. The molecule has 0 aliphatic carbocycles. The molecule has 1 N–H and O–H groups in total. The van der Waals surface area contributed by atoms with E-state index in [0.717, 1.165) is 0 Å². The van der Waals surface area contributed by atoms with Crippen LogP contribution < -0.4 is 0 Å². The van der Waals surface area contributed by atoms with Crippen molar-refractivity contribution in [1.29, 1.82) is 0 Å². The van der Waals surface area contributed by atoms with Crippen LogP contribution in [-0.2, 0) is 24.1 Å². The van der Waals surface area contributed by atoms with E-state index in [2.05, 4.69) is 0 Å². The topological polar surface area (TPSA) is 65.0 Å². The van der Waals surface area contributed by atoms with Gasteiger partial charge in [0.15, 0.2) is 0 Å². The Morgan fingerprint density at radius 2 is 2.35 bits per heavy atom. The molecule has 0 aromatic carbocycles. The number of thiophene rings is 1. The van der Waals surface area contributed by atoms with Crippen LogP contribution in [0.2, 0.25) is 0 Å². The number of halogens is 1. The zero-order valence-corrected chi connectivity index (χ0v) is 10.8. The predicted octanol–water partition coefficient (Wildman–Crippen LogP) is 1.86. The Kier molecular flexibility index (Phi) is 5.87. The normalized spacial score (nSPS) is 14.5. The van der Waals surface area contributed by atoms with Gasteiger partial charge in [0.25, 0.3) is 5.06 Å². The van der Waals surface area contributed by atoms with Gasteiger partial charge in [-0.3, -0.25) is 0 Å². The second-order valence-corrected chi connectivity index (χ2v) is 4.52. The fraction of sp³-hybridized carbons (Fsp3) is 0.500. The third kappa shape index (κ3) is 3.93. The van der Waals surface area contributed by atoms with Crippen molar-refractivity contribution in [2.75, 3.05) is 27.1 Å². The fourth-order valence-corrected chi connectivity index (χ4v) is 2.02. The maximum atomic E-state index is 11.1. The Morgan fingerprint density at radius 3 is 2.88 bits per heavy atom. The number of ether oxygens (including phenoxy) is 3. The quantitative estimate of drug-likeness (QED) is 0.447. The summed E-state index contributed by atoms with van der Waals surface area (Å²) in [7, 11) is 1.54. The van der Waals surface area contributed by atoms with Crippen molar-refractivity contribution in [2.24, 2.45) is 0 Å². The molecule has 0 aliphatic heterocycles. The first-order chi connectivity index (χ1) is 8.11. The second kappa shape index (κ2) is 6.93. The van der Waals surface area contributed by atoms with Crippen molar-refractivity contribution in [2.45, 2.75) is 5.06 Å². The van der Waals surface area contributed by atoms with Gasteiger partial charge >= 0.3 is 5.97 Å². The molecular weight excluding hydrogens is 268 g/mol. The molecule has 96 valence electrons. The van der Waals surface area contributed by atoms with Gasteiger partial charge in [0.2, 0.25) is 0 Å². The van der Waals surface area contributed by atoms with Gasteiger partial charge in [-0.2, -0.15) is 0 Å². The Labute approximate surface area is 108 Å². The number of methoxy groups -OCH3 is 1. The zero-order valence-electron chi connectivity index (χ0n) is 9.22. The highest BCUT2D eigenvalue weighted by Crippen LogP contribution is 2.34. The van der Waals surface area contributed by atoms with Crippen molar-refractivity contribution in [3.8, 4) is 0 Å². The summed E-state index contributed by atoms with van der Waals surface area (Å²) in [6, 6.07) is 3.30. The molecule has 7 heteroatoms. The van der Waals surface area contributed by atoms with Crippen LogP contribution in [0.1, 0.15) is 4.88 Å². The molecule has 1 aromatic heterocycles. The van der Waals surface area contributed by atoms with Crippen molar-refractivity contribution in [1.82, 2.24) is 0 Å². The van der Waals surface area contributed by atoms with E-state index in [4.69, 9.17) is 30.9 Å². The summed E-state index contributed by atoms with van der Waals surface area (Å²) >= 11 is 7.14. The first-order valence-electron chi connectivity index (χ1n) is 4.78.